The van der Waals surface area contributed by atoms with Crippen molar-refractivity contribution in [3.05, 3.63) is 66.5 Å². The zero-order chi connectivity index (χ0) is 14.7. The Labute approximate surface area is 121 Å². The van der Waals surface area contributed by atoms with Crippen LogP contribution in [0.15, 0.2) is 60.9 Å². The van der Waals surface area contributed by atoms with Crippen molar-refractivity contribution in [1.82, 2.24) is 14.8 Å². The Morgan fingerprint density at radius 3 is 2.52 bits per heavy atom. The zero-order valence-electron chi connectivity index (χ0n) is 11.4. The minimum atomic E-state index is -0.367. The largest absolute Gasteiger partial charge is 0.465 e. The van der Waals surface area contributed by atoms with Gasteiger partial charge in [-0.2, -0.15) is 0 Å². The van der Waals surface area contributed by atoms with Gasteiger partial charge in [-0.25, -0.2) is 4.79 Å². The highest BCUT2D eigenvalue weighted by atomic mass is 16.5. The fraction of sp³-hybridized carbons (Fsp3) is 0.0625. The fourth-order valence-electron chi connectivity index (χ4n) is 2.03. The molecule has 0 bridgehead atoms. The standard InChI is InChI=1S/C16H13N3O2/c1-21-16(20)13-6-4-5-12(11-13)14-7-8-15(18-17-14)19-9-2-3-10-19/h2-11H,1H3. The van der Waals surface area contributed by atoms with Crippen LogP contribution in [0.5, 0.6) is 0 Å². The first-order valence-corrected chi connectivity index (χ1v) is 6.44. The minimum Gasteiger partial charge on any atom is -0.465 e. The molecular weight excluding hydrogens is 266 g/mol. The Hall–Kier alpha value is -2.95. The third-order valence-electron chi connectivity index (χ3n) is 3.10. The van der Waals surface area contributed by atoms with Crippen LogP contribution in [0.25, 0.3) is 17.1 Å². The number of aromatic nitrogens is 3. The van der Waals surface area contributed by atoms with Crippen molar-refractivity contribution in [3.63, 3.8) is 0 Å². The van der Waals surface area contributed by atoms with E-state index >= 15 is 0 Å². The van der Waals surface area contributed by atoms with Crippen molar-refractivity contribution in [2.24, 2.45) is 0 Å². The molecule has 0 saturated carbocycles. The van der Waals surface area contributed by atoms with Gasteiger partial charge in [0.1, 0.15) is 0 Å². The van der Waals surface area contributed by atoms with Crippen LogP contribution in [0.1, 0.15) is 10.4 Å². The van der Waals surface area contributed by atoms with E-state index in [1.807, 2.05) is 47.3 Å². The van der Waals surface area contributed by atoms with Gasteiger partial charge in [0, 0.05) is 18.0 Å². The van der Waals surface area contributed by atoms with Gasteiger partial charge in [0.2, 0.25) is 0 Å². The van der Waals surface area contributed by atoms with Crippen LogP contribution in [0, 0.1) is 0 Å². The second kappa shape index (κ2) is 5.58. The molecule has 3 aromatic rings. The molecular formula is C16H13N3O2. The number of hydrogen-bond donors (Lipinski definition) is 0. The first-order chi connectivity index (χ1) is 10.3. The van der Waals surface area contributed by atoms with E-state index in [9.17, 15) is 4.79 Å². The van der Waals surface area contributed by atoms with Gasteiger partial charge in [-0.1, -0.05) is 12.1 Å². The number of esters is 1. The molecule has 0 N–H and O–H groups in total. The van der Waals surface area contributed by atoms with Crippen LogP contribution in [0.4, 0.5) is 0 Å². The number of hydrogen-bond acceptors (Lipinski definition) is 4. The summed E-state index contributed by atoms with van der Waals surface area (Å²) in [6.07, 6.45) is 3.81. The van der Waals surface area contributed by atoms with Crippen molar-refractivity contribution in [2.45, 2.75) is 0 Å². The van der Waals surface area contributed by atoms with E-state index in [1.165, 1.54) is 7.11 Å². The summed E-state index contributed by atoms with van der Waals surface area (Å²) < 4.78 is 6.59. The van der Waals surface area contributed by atoms with Gasteiger partial charge in [0.05, 0.1) is 18.4 Å². The lowest BCUT2D eigenvalue weighted by atomic mass is 10.1. The third-order valence-corrected chi connectivity index (χ3v) is 3.10. The summed E-state index contributed by atoms with van der Waals surface area (Å²) in [6, 6.07) is 14.7. The average molecular weight is 279 g/mol. The van der Waals surface area contributed by atoms with E-state index in [4.69, 9.17) is 4.74 Å². The Morgan fingerprint density at radius 1 is 1.05 bits per heavy atom. The van der Waals surface area contributed by atoms with E-state index in [-0.39, 0.29) is 5.97 Å². The highest BCUT2D eigenvalue weighted by molar-refractivity contribution is 5.90. The zero-order valence-corrected chi connectivity index (χ0v) is 11.4. The van der Waals surface area contributed by atoms with Crippen molar-refractivity contribution >= 4 is 5.97 Å². The van der Waals surface area contributed by atoms with Gasteiger partial charge in [-0.05, 0) is 36.4 Å². The summed E-state index contributed by atoms with van der Waals surface area (Å²) in [5.41, 5.74) is 2.02. The SMILES string of the molecule is COC(=O)c1cccc(-c2ccc(-n3cccc3)nn2)c1. The lowest BCUT2D eigenvalue weighted by Crippen LogP contribution is -2.01. The maximum atomic E-state index is 11.5. The third kappa shape index (κ3) is 2.67. The van der Waals surface area contributed by atoms with Crippen LogP contribution in [-0.2, 0) is 4.74 Å². The molecule has 104 valence electrons. The average Bonchev–Trinajstić information content (AvgIpc) is 3.09. The molecule has 5 nitrogen and oxygen atoms in total. The molecule has 1 aromatic carbocycles. The molecule has 0 unspecified atom stereocenters. The van der Waals surface area contributed by atoms with Crippen molar-refractivity contribution in [2.75, 3.05) is 7.11 Å². The lowest BCUT2D eigenvalue weighted by molar-refractivity contribution is 0.0601. The molecule has 5 heteroatoms. The maximum absolute atomic E-state index is 11.5. The number of nitrogens with zero attached hydrogens (tertiary/aromatic N) is 3. The van der Waals surface area contributed by atoms with E-state index in [0.29, 0.717) is 11.3 Å². The summed E-state index contributed by atoms with van der Waals surface area (Å²) in [5.74, 6) is 0.377. The van der Waals surface area contributed by atoms with Crippen molar-refractivity contribution < 1.29 is 9.53 Å². The molecule has 2 aromatic heterocycles. The van der Waals surface area contributed by atoms with Gasteiger partial charge >= 0.3 is 5.97 Å². The molecule has 21 heavy (non-hydrogen) atoms. The first-order valence-electron chi connectivity index (χ1n) is 6.44. The predicted molar refractivity (Wildman–Crippen MR) is 78.1 cm³/mol. The highest BCUT2D eigenvalue weighted by Gasteiger charge is 2.08. The van der Waals surface area contributed by atoms with Crippen LogP contribution >= 0.6 is 0 Å². The molecule has 2 heterocycles. The second-order valence-corrected chi connectivity index (χ2v) is 4.44. The predicted octanol–water partition coefficient (Wildman–Crippen LogP) is 2.72. The van der Waals surface area contributed by atoms with E-state index in [2.05, 4.69) is 10.2 Å². The normalized spacial score (nSPS) is 10.3. The first kappa shape index (κ1) is 13.1. The van der Waals surface area contributed by atoms with Gasteiger partial charge in [0.15, 0.2) is 5.82 Å². The summed E-state index contributed by atoms with van der Waals surface area (Å²) >= 11 is 0. The topological polar surface area (TPSA) is 57.0 Å². The van der Waals surface area contributed by atoms with Crippen LogP contribution in [-0.4, -0.2) is 27.8 Å². The number of carbonyl (C=O) groups excluding carboxylic acids is 1. The molecule has 0 atom stereocenters. The van der Waals surface area contributed by atoms with Crippen LogP contribution in [0.3, 0.4) is 0 Å². The smallest absolute Gasteiger partial charge is 0.337 e. The van der Waals surface area contributed by atoms with Crippen molar-refractivity contribution in [1.29, 1.82) is 0 Å². The van der Waals surface area contributed by atoms with E-state index in [0.717, 1.165) is 11.4 Å². The fourth-order valence-corrected chi connectivity index (χ4v) is 2.03. The molecule has 0 radical (unpaired) electrons. The monoisotopic (exact) mass is 279 g/mol. The van der Waals surface area contributed by atoms with Crippen LogP contribution in [0.2, 0.25) is 0 Å². The number of methoxy groups -OCH3 is 1. The number of benzene rings is 1. The Morgan fingerprint density at radius 2 is 1.86 bits per heavy atom. The maximum Gasteiger partial charge on any atom is 0.337 e. The van der Waals surface area contributed by atoms with Crippen molar-refractivity contribution in [3.8, 4) is 17.1 Å². The summed E-state index contributed by atoms with van der Waals surface area (Å²) in [5, 5.41) is 8.40. The number of ether oxygens (including phenoxy) is 1. The molecule has 0 spiro atoms. The quantitative estimate of drug-likeness (QED) is 0.692. The lowest BCUT2D eigenvalue weighted by Gasteiger charge is -2.05. The van der Waals surface area contributed by atoms with Gasteiger partial charge in [-0.15, -0.1) is 10.2 Å². The molecule has 0 saturated heterocycles. The van der Waals surface area contributed by atoms with Crippen LogP contribution < -0.4 is 0 Å². The molecule has 0 aliphatic carbocycles. The minimum absolute atomic E-state index is 0.367. The second-order valence-electron chi connectivity index (χ2n) is 4.44. The number of carbonyl (C=O) groups is 1. The van der Waals surface area contributed by atoms with Gasteiger partial charge in [-0.3, -0.25) is 0 Å². The molecule has 0 amide bonds. The Balaban J connectivity index is 1.92. The molecule has 0 aliphatic rings. The summed E-state index contributed by atoms with van der Waals surface area (Å²) in [4.78, 5) is 11.5. The highest BCUT2D eigenvalue weighted by Crippen LogP contribution is 2.19. The Bertz CT molecular complexity index is 749. The summed E-state index contributed by atoms with van der Waals surface area (Å²) in [7, 11) is 1.36. The van der Waals surface area contributed by atoms with Gasteiger partial charge < -0.3 is 9.30 Å². The number of rotatable bonds is 3. The molecule has 0 fully saturated rings. The van der Waals surface area contributed by atoms with E-state index < -0.39 is 0 Å². The molecule has 3 rings (SSSR count). The Kier molecular flexibility index (Phi) is 3.47. The summed E-state index contributed by atoms with van der Waals surface area (Å²) in [6.45, 7) is 0. The van der Waals surface area contributed by atoms with Gasteiger partial charge in [0.25, 0.3) is 0 Å². The van der Waals surface area contributed by atoms with E-state index in [1.54, 1.807) is 18.2 Å². The molecule has 0 aliphatic heterocycles.